The molecule has 0 saturated carbocycles. The molecule has 0 aliphatic carbocycles. The maximum atomic E-state index is 6.11. The highest BCUT2D eigenvalue weighted by Gasteiger charge is 2.35. The Morgan fingerprint density at radius 1 is 1.17 bits per heavy atom. The second kappa shape index (κ2) is 10.4. The molecule has 18 heavy (non-hydrogen) atoms. The summed E-state index contributed by atoms with van der Waals surface area (Å²) < 4.78 is 6.11. The van der Waals surface area contributed by atoms with E-state index in [0.717, 1.165) is 45.3 Å². The third kappa shape index (κ3) is 5.42. The molecule has 2 heteroatoms. The summed E-state index contributed by atoms with van der Waals surface area (Å²) in [5, 5.41) is 3.66. The Morgan fingerprint density at radius 2 is 1.83 bits per heavy atom. The van der Waals surface area contributed by atoms with Gasteiger partial charge in [0, 0.05) is 19.1 Å². The van der Waals surface area contributed by atoms with Crippen molar-refractivity contribution in [1.29, 1.82) is 0 Å². The number of nitrogens with one attached hydrogen (secondary N) is 1. The molecule has 0 fully saturated rings. The lowest BCUT2D eigenvalue weighted by molar-refractivity contribution is -0.0733. The maximum Gasteiger partial charge on any atom is 0.0829 e. The Balaban J connectivity index is 4.75. The van der Waals surface area contributed by atoms with E-state index in [4.69, 9.17) is 4.74 Å². The molecule has 0 aliphatic rings. The molecule has 1 atom stereocenters. The van der Waals surface area contributed by atoms with Gasteiger partial charge in [0.1, 0.15) is 0 Å². The Bertz CT molecular complexity index is 248. The molecular weight excluding hydrogens is 222 g/mol. The molecule has 1 unspecified atom stereocenters. The first-order valence-corrected chi connectivity index (χ1v) is 7.47. The molecule has 0 amide bonds. The van der Waals surface area contributed by atoms with Crippen molar-refractivity contribution >= 4 is 0 Å². The van der Waals surface area contributed by atoms with Gasteiger partial charge in [-0.2, -0.15) is 0 Å². The Labute approximate surface area is 114 Å². The van der Waals surface area contributed by atoms with Crippen LogP contribution in [0.2, 0.25) is 0 Å². The van der Waals surface area contributed by atoms with Crippen LogP contribution in [0.5, 0.6) is 0 Å². The minimum Gasteiger partial charge on any atom is -0.374 e. The van der Waals surface area contributed by atoms with Gasteiger partial charge in [-0.05, 0) is 46.1 Å². The Kier molecular flexibility index (Phi) is 10.1. The van der Waals surface area contributed by atoms with E-state index in [1.165, 1.54) is 0 Å². The summed E-state index contributed by atoms with van der Waals surface area (Å²) in [6.45, 7) is 12.5. The van der Waals surface area contributed by atoms with Crippen molar-refractivity contribution in [2.24, 2.45) is 0 Å². The normalized spacial score (nSPS) is 12.9. The lowest BCUT2D eigenvalue weighted by Gasteiger charge is -2.40. The first kappa shape index (κ1) is 17.5. The molecule has 0 heterocycles. The summed E-state index contributed by atoms with van der Waals surface area (Å²) >= 11 is 0. The maximum absolute atomic E-state index is 6.11. The molecule has 0 rings (SSSR count). The molecule has 0 aromatic heterocycles. The van der Waals surface area contributed by atoms with E-state index in [9.17, 15) is 0 Å². The average molecular weight is 253 g/mol. The van der Waals surface area contributed by atoms with Crippen LogP contribution in [0, 0.1) is 11.8 Å². The number of hydrogen-bond donors (Lipinski definition) is 1. The van der Waals surface area contributed by atoms with E-state index in [-0.39, 0.29) is 5.60 Å². The quantitative estimate of drug-likeness (QED) is 0.599. The predicted octanol–water partition coefficient (Wildman–Crippen LogP) is 3.75. The van der Waals surface area contributed by atoms with Gasteiger partial charge >= 0.3 is 0 Å². The van der Waals surface area contributed by atoms with E-state index in [2.05, 4.69) is 44.9 Å². The first-order chi connectivity index (χ1) is 8.70. The van der Waals surface area contributed by atoms with Gasteiger partial charge in [0.2, 0.25) is 0 Å². The smallest absolute Gasteiger partial charge is 0.0829 e. The van der Waals surface area contributed by atoms with Crippen LogP contribution in [0.1, 0.15) is 66.7 Å². The fraction of sp³-hybridized carbons (Fsp3) is 0.875. The minimum absolute atomic E-state index is 0.0284. The summed E-state index contributed by atoms with van der Waals surface area (Å²) in [6.07, 6.45) is 5.29. The van der Waals surface area contributed by atoms with Gasteiger partial charge < -0.3 is 10.1 Å². The second-order valence-corrected chi connectivity index (χ2v) is 4.68. The van der Waals surface area contributed by atoms with Crippen LogP contribution in [-0.4, -0.2) is 24.8 Å². The Hall–Kier alpha value is -0.520. The second-order valence-electron chi connectivity index (χ2n) is 4.68. The minimum atomic E-state index is -0.0284. The van der Waals surface area contributed by atoms with E-state index < -0.39 is 0 Å². The molecule has 0 spiro atoms. The van der Waals surface area contributed by atoms with Crippen LogP contribution in [0.3, 0.4) is 0 Å². The molecule has 0 saturated heterocycles. The first-order valence-electron chi connectivity index (χ1n) is 7.47. The van der Waals surface area contributed by atoms with Crippen LogP contribution in [0.4, 0.5) is 0 Å². The zero-order chi connectivity index (χ0) is 13.9. The summed E-state index contributed by atoms with van der Waals surface area (Å²) in [5.74, 6) is 6.15. The van der Waals surface area contributed by atoms with Crippen molar-refractivity contribution in [2.45, 2.75) is 78.4 Å². The molecule has 0 aliphatic heterocycles. The van der Waals surface area contributed by atoms with Gasteiger partial charge in [0.05, 0.1) is 5.60 Å². The average Bonchev–Trinajstić information content (AvgIpc) is 2.40. The highest BCUT2D eigenvalue weighted by molar-refractivity contribution is 4.99. The van der Waals surface area contributed by atoms with Crippen molar-refractivity contribution < 1.29 is 4.74 Å². The van der Waals surface area contributed by atoms with Gasteiger partial charge in [-0.3, -0.25) is 0 Å². The molecular formula is C16H31NO. The summed E-state index contributed by atoms with van der Waals surface area (Å²) in [6, 6.07) is 0.410. The van der Waals surface area contributed by atoms with E-state index in [0.29, 0.717) is 6.04 Å². The van der Waals surface area contributed by atoms with Gasteiger partial charge in [-0.15, -0.1) is 11.8 Å². The van der Waals surface area contributed by atoms with Crippen LogP contribution in [0.15, 0.2) is 0 Å². The highest BCUT2D eigenvalue weighted by Crippen LogP contribution is 2.27. The van der Waals surface area contributed by atoms with Crippen LogP contribution in [0.25, 0.3) is 0 Å². The molecule has 0 bridgehead atoms. The standard InChI is InChI=1S/C16H31NO/c1-6-11-12-13-15(17-14-7-2)16(8-3,9-4)18-10-5/h15,17H,7-10,12-14H2,1-5H3. The lowest BCUT2D eigenvalue weighted by Crippen LogP contribution is -2.52. The molecule has 0 radical (unpaired) electrons. The molecule has 0 aromatic carbocycles. The lowest BCUT2D eigenvalue weighted by atomic mass is 9.85. The van der Waals surface area contributed by atoms with Crippen molar-refractivity contribution in [3.8, 4) is 11.8 Å². The predicted molar refractivity (Wildman–Crippen MR) is 79.7 cm³/mol. The van der Waals surface area contributed by atoms with Crippen LogP contribution < -0.4 is 5.32 Å². The fourth-order valence-corrected chi connectivity index (χ4v) is 2.55. The third-order valence-corrected chi connectivity index (χ3v) is 3.64. The molecule has 2 nitrogen and oxygen atoms in total. The van der Waals surface area contributed by atoms with Crippen molar-refractivity contribution in [3.63, 3.8) is 0 Å². The summed E-state index contributed by atoms with van der Waals surface area (Å²) in [4.78, 5) is 0. The van der Waals surface area contributed by atoms with Crippen molar-refractivity contribution in [3.05, 3.63) is 0 Å². The van der Waals surface area contributed by atoms with Gasteiger partial charge in [0.25, 0.3) is 0 Å². The van der Waals surface area contributed by atoms with E-state index in [1.807, 2.05) is 6.92 Å². The molecule has 106 valence electrons. The van der Waals surface area contributed by atoms with Crippen LogP contribution in [-0.2, 0) is 4.74 Å². The molecule has 0 aromatic rings. The van der Waals surface area contributed by atoms with Gasteiger partial charge in [0.15, 0.2) is 0 Å². The fourth-order valence-electron chi connectivity index (χ4n) is 2.55. The monoisotopic (exact) mass is 253 g/mol. The summed E-state index contributed by atoms with van der Waals surface area (Å²) in [7, 11) is 0. The molecule has 1 N–H and O–H groups in total. The van der Waals surface area contributed by atoms with Crippen molar-refractivity contribution in [1.82, 2.24) is 5.32 Å². The van der Waals surface area contributed by atoms with E-state index >= 15 is 0 Å². The topological polar surface area (TPSA) is 21.3 Å². The zero-order valence-electron chi connectivity index (χ0n) is 12.9. The largest absolute Gasteiger partial charge is 0.374 e. The Morgan fingerprint density at radius 3 is 2.28 bits per heavy atom. The SMILES string of the molecule is CC#CCCC(NCCC)C(CC)(CC)OCC. The zero-order valence-corrected chi connectivity index (χ0v) is 12.9. The van der Waals surface area contributed by atoms with Crippen LogP contribution >= 0.6 is 0 Å². The third-order valence-electron chi connectivity index (χ3n) is 3.64. The summed E-state index contributed by atoms with van der Waals surface area (Å²) in [5.41, 5.74) is -0.0284. The van der Waals surface area contributed by atoms with Crippen molar-refractivity contribution in [2.75, 3.05) is 13.2 Å². The van der Waals surface area contributed by atoms with Gasteiger partial charge in [-0.1, -0.05) is 20.8 Å². The van der Waals surface area contributed by atoms with Gasteiger partial charge in [-0.25, -0.2) is 0 Å². The number of rotatable bonds is 10. The van der Waals surface area contributed by atoms with E-state index in [1.54, 1.807) is 0 Å². The number of ether oxygens (including phenoxy) is 1. The highest BCUT2D eigenvalue weighted by atomic mass is 16.5. The number of hydrogen-bond acceptors (Lipinski definition) is 2.